The molecule has 0 unspecified atom stereocenters. The number of ether oxygens (including phenoxy) is 1. The van der Waals surface area contributed by atoms with E-state index in [9.17, 15) is 4.79 Å². The van der Waals surface area contributed by atoms with Crippen molar-refractivity contribution >= 4 is 11.5 Å². The summed E-state index contributed by atoms with van der Waals surface area (Å²) < 4.78 is 5.20. The lowest BCUT2D eigenvalue weighted by Crippen LogP contribution is -2.22. The van der Waals surface area contributed by atoms with E-state index in [1.165, 1.54) is 11.1 Å². The Morgan fingerprint density at radius 3 is 2.50 bits per heavy atom. The van der Waals surface area contributed by atoms with Gasteiger partial charge in [0.15, 0.2) is 0 Å². The first kappa shape index (κ1) is 16.4. The van der Waals surface area contributed by atoms with Crippen molar-refractivity contribution in [1.29, 1.82) is 0 Å². The first-order chi connectivity index (χ1) is 11.7. The van der Waals surface area contributed by atoms with E-state index in [1.807, 2.05) is 30.3 Å². The number of rotatable bonds is 5. The summed E-state index contributed by atoms with van der Waals surface area (Å²) in [5.41, 5.74) is 3.53. The van der Waals surface area contributed by atoms with Crippen molar-refractivity contribution in [2.75, 3.05) is 13.7 Å². The third-order valence-electron chi connectivity index (χ3n) is 4.52. The van der Waals surface area contributed by atoms with Crippen LogP contribution in [-0.2, 0) is 11.2 Å². The van der Waals surface area contributed by atoms with Gasteiger partial charge in [0.05, 0.1) is 7.11 Å². The summed E-state index contributed by atoms with van der Waals surface area (Å²) >= 11 is 0. The van der Waals surface area contributed by atoms with Crippen LogP contribution >= 0.6 is 0 Å². The molecule has 3 heteroatoms. The van der Waals surface area contributed by atoms with E-state index in [2.05, 4.69) is 24.3 Å². The number of benzene rings is 2. The second kappa shape index (κ2) is 7.91. The van der Waals surface area contributed by atoms with E-state index < -0.39 is 0 Å². The van der Waals surface area contributed by atoms with Gasteiger partial charge in [0.25, 0.3) is 0 Å². The number of carbonyl (C=O) groups excluding carboxylic acids is 1. The minimum Gasteiger partial charge on any atom is -0.497 e. The molecule has 2 aromatic carbocycles. The van der Waals surface area contributed by atoms with E-state index in [-0.39, 0.29) is 5.92 Å². The normalized spacial score (nSPS) is 19.5. The molecule has 0 radical (unpaired) electrons. The van der Waals surface area contributed by atoms with Crippen LogP contribution in [0.5, 0.6) is 5.75 Å². The van der Waals surface area contributed by atoms with Crippen molar-refractivity contribution < 1.29 is 9.53 Å². The highest BCUT2D eigenvalue weighted by Gasteiger charge is 2.25. The van der Waals surface area contributed by atoms with E-state index in [0.29, 0.717) is 18.6 Å². The molecule has 0 N–H and O–H groups in total. The summed E-state index contributed by atoms with van der Waals surface area (Å²) in [4.78, 5) is 16.8. The molecule has 3 nitrogen and oxygen atoms in total. The predicted molar refractivity (Wildman–Crippen MR) is 97.0 cm³/mol. The van der Waals surface area contributed by atoms with Crippen LogP contribution in [0, 0.1) is 0 Å². The molecule has 1 atom stereocenters. The lowest BCUT2D eigenvalue weighted by atomic mass is 9.82. The van der Waals surface area contributed by atoms with Gasteiger partial charge in [-0.3, -0.25) is 9.79 Å². The molecule has 0 saturated heterocycles. The first-order valence-electron chi connectivity index (χ1n) is 8.46. The standard InChI is InChI=1S/C21H23NO2/c1-24-21-9-7-17(8-10-21)18-13-19(15-20(23)14-18)22-12-11-16-5-3-2-4-6-16/h2-10,18H,11-15H2,1H3/t18-/m1/s1. The van der Waals surface area contributed by atoms with Gasteiger partial charge in [0.1, 0.15) is 11.5 Å². The fourth-order valence-corrected chi connectivity index (χ4v) is 3.22. The largest absolute Gasteiger partial charge is 0.497 e. The fourth-order valence-electron chi connectivity index (χ4n) is 3.22. The molecule has 1 aliphatic rings. The molecule has 0 aromatic heterocycles. The van der Waals surface area contributed by atoms with Gasteiger partial charge in [0.2, 0.25) is 0 Å². The van der Waals surface area contributed by atoms with Gasteiger partial charge in [-0.15, -0.1) is 0 Å². The minimum atomic E-state index is 0.243. The molecule has 1 aliphatic carbocycles. The molecule has 124 valence electrons. The highest BCUT2D eigenvalue weighted by Crippen LogP contribution is 2.30. The summed E-state index contributed by atoms with van der Waals surface area (Å²) in [6.45, 7) is 0.752. The van der Waals surface area contributed by atoms with Crippen LogP contribution in [0.3, 0.4) is 0 Å². The number of methoxy groups -OCH3 is 1. The van der Waals surface area contributed by atoms with Crippen LogP contribution in [0.4, 0.5) is 0 Å². The predicted octanol–water partition coefficient (Wildman–Crippen LogP) is 4.22. The Hall–Kier alpha value is -2.42. The maximum atomic E-state index is 12.1. The lowest BCUT2D eigenvalue weighted by Gasteiger charge is -2.23. The van der Waals surface area contributed by atoms with Crippen molar-refractivity contribution in [3.8, 4) is 5.75 Å². The molecule has 0 aliphatic heterocycles. The topological polar surface area (TPSA) is 38.7 Å². The molecule has 2 aromatic rings. The Labute approximate surface area is 143 Å². The zero-order chi connectivity index (χ0) is 16.8. The average molecular weight is 321 g/mol. The first-order valence-corrected chi connectivity index (χ1v) is 8.46. The number of hydrogen-bond acceptors (Lipinski definition) is 3. The Kier molecular flexibility index (Phi) is 5.42. The van der Waals surface area contributed by atoms with Crippen LogP contribution < -0.4 is 4.74 Å². The Morgan fingerprint density at radius 1 is 1.04 bits per heavy atom. The van der Waals surface area contributed by atoms with Gasteiger partial charge in [-0.05, 0) is 42.0 Å². The fraction of sp³-hybridized carbons (Fsp3) is 0.333. The van der Waals surface area contributed by atoms with Gasteiger partial charge >= 0.3 is 0 Å². The maximum absolute atomic E-state index is 12.1. The SMILES string of the molecule is COc1ccc([C@H]2CC(=O)CC(=NCCc3ccccc3)C2)cc1. The van der Waals surface area contributed by atoms with Crippen LogP contribution in [-0.4, -0.2) is 25.1 Å². The molecule has 24 heavy (non-hydrogen) atoms. The molecule has 3 rings (SSSR count). The lowest BCUT2D eigenvalue weighted by molar-refractivity contribution is -0.118. The van der Waals surface area contributed by atoms with Crippen LogP contribution in [0.1, 0.15) is 36.3 Å². The molecule has 0 spiro atoms. The molecular weight excluding hydrogens is 298 g/mol. The maximum Gasteiger partial charge on any atom is 0.139 e. The highest BCUT2D eigenvalue weighted by molar-refractivity contribution is 6.05. The van der Waals surface area contributed by atoms with E-state index in [4.69, 9.17) is 9.73 Å². The second-order valence-corrected chi connectivity index (χ2v) is 6.28. The average Bonchev–Trinajstić information content (AvgIpc) is 2.62. The van der Waals surface area contributed by atoms with Crippen molar-refractivity contribution in [3.05, 3.63) is 65.7 Å². The summed E-state index contributed by atoms with van der Waals surface area (Å²) in [5, 5.41) is 0. The Balaban J connectivity index is 1.64. The zero-order valence-electron chi connectivity index (χ0n) is 14.1. The van der Waals surface area contributed by atoms with Gasteiger partial charge in [-0.1, -0.05) is 42.5 Å². The van der Waals surface area contributed by atoms with Crippen LogP contribution in [0.15, 0.2) is 59.6 Å². The Morgan fingerprint density at radius 2 is 1.79 bits per heavy atom. The van der Waals surface area contributed by atoms with E-state index >= 15 is 0 Å². The number of ketones is 1. The van der Waals surface area contributed by atoms with Gasteiger partial charge in [0, 0.05) is 25.1 Å². The summed E-state index contributed by atoms with van der Waals surface area (Å²) in [6, 6.07) is 18.4. The molecule has 0 amide bonds. The van der Waals surface area contributed by atoms with Crippen molar-refractivity contribution in [2.24, 2.45) is 4.99 Å². The molecular formula is C21H23NO2. The highest BCUT2D eigenvalue weighted by atomic mass is 16.5. The molecule has 1 fully saturated rings. The molecule has 0 bridgehead atoms. The smallest absolute Gasteiger partial charge is 0.139 e. The third-order valence-corrected chi connectivity index (χ3v) is 4.52. The minimum absolute atomic E-state index is 0.243. The van der Waals surface area contributed by atoms with E-state index in [0.717, 1.165) is 30.8 Å². The van der Waals surface area contributed by atoms with Crippen LogP contribution in [0.25, 0.3) is 0 Å². The summed E-state index contributed by atoms with van der Waals surface area (Å²) in [5.74, 6) is 1.38. The van der Waals surface area contributed by atoms with E-state index in [1.54, 1.807) is 7.11 Å². The van der Waals surface area contributed by atoms with Crippen molar-refractivity contribution in [2.45, 2.75) is 31.6 Å². The van der Waals surface area contributed by atoms with Crippen molar-refractivity contribution in [3.63, 3.8) is 0 Å². The van der Waals surface area contributed by atoms with Gasteiger partial charge in [-0.2, -0.15) is 0 Å². The number of carbonyl (C=O) groups is 1. The molecule has 0 heterocycles. The van der Waals surface area contributed by atoms with Gasteiger partial charge in [-0.25, -0.2) is 0 Å². The summed E-state index contributed by atoms with van der Waals surface area (Å²) in [7, 11) is 1.66. The third kappa shape index (κ3) is 4.31. The van der Waals surface area contributed by atoms with Gasteiger partial charge < -0.3 is 4.74 Å². The van der Waals surface area contributed by atoms with Crippen molar-refractivity contribution in [1.82, 2.24) is 0 Å². The molecule has 1 saturated carbocycles. The zero-order valence-corrected chi connectivity index (χ0v) is 14.1. The number of aliphatic imine (C=N–C) groups is 1. The monoisotopic (exact) mass is 321 g/mol. The Bertz CT molecular complexity index is 704. The second-order valence-electron chi connectivity index (χ2n) is 6.28. The number of hydrogen-bond donors (Lipinski definition) is 0. The number of nitrogens with zero attached hydrogens (tertiary/aromatic N) is 1. The summed E-state index contributed by atoms with van der Waals surface area (Å²) in [6.07, 6.45) is 2.93. The van der Waals surface area contributed by atoms with Crippen LogP contribution in [0.2, 0.25) is 0 Å². The number of Topliss-reactive ketones (excluding diaryl/α,β-unsaturated/α-hetero) is 1. The quantitative estimate of drug-likeness (QED) is 0.827.